The van der Waals surface area contributed by atoms with Crippen LogP contribution in [0.4, 0.5) is 13.2 Å². The van der Waals surface area contributed by atoms with Crippen molar-refractivity contribution in [2.24, 2.45) is 0 Å². The molecule has 0 saturated heterocycles. The van der Waals surface area contributed by atoms with Gasteiger partial charge in [0, 0.05) is 23.5 Å². The predicted molar refractivity (Wildman–Crippen MR) is 65.4 cm³/mol. The first-order chi connectivity index (χ1) is 8.76. The van der Waals surface area contributed by atoms with E-state index in [0.717, 1.165) is 17.9 Å². The highest BCUT2D eigenvalue weighted by molar-refractivity contribution is 5.98. The fraction of sp³-hybridized carbons (Fsp3) is 0.615. The van der Waals surface area contributed by atoms with Gasteiger partial charge < -0.3 is 9.30 Å². The van der Waals surface area contributed by atoms with E-state index in [1.54, 1.807) is 6.07 Å². The van der Waals surface area contributed by atoms with Crippen LogP contribution in [0, 0.1) is 13.8 Å². The van der Waals surface area contributed by atoms with E-state index in [1.165, 1.54) is 0 Å². The zero-order valence-electron chi connectivity index (χ0n) is 11.3. The van der Waals surface area contributed by atoms with Gasteiger partial charge in [-0.05, 0) is 26.8 Å². The van der Waals surface area contributed by atoms with E-state index in [4.69, 9.17) is 4.74 Å². The molecule has 0 atom stereocenters. The molecule has 6 heteroatoms. The Morgan fingerprint density at radius 2 is 2.00 bits per heavy atom. The zero-order valence-corrected chi connectivity index (χ0v) is 11.3. The predicted octanol–water partition coefficient (Wildman–Crippen LogP) is 3.28. The van der Waals surface area contributed by atoms with Gasteiger partial charge in [-0.15, -0.1) is 0 Å². The lowest BCUT2D eigenvalue weighted by atomic mass is 10.1. The molecule has 108 valence electrons. The lowest BCUT2D eigenvalue weighted by Gasteiger charge is -2.07. The molecule has 0 spiro atoms. The van der Waals surface area contributed by atoms with Crippen molar-refractivity contribution in [1.29, 1.82) is 0 Å². The van der Waals surface area contributed by atoms with Gasteiger partial charge in [-0.2, -0.15) is 13.2 Å². The van der Waals surface area contributed by atoms with E-state index in [-0.39, 0.29) is 12.4 Å². The summed E-state index contributed by atoms with van der Waals surface area (Å²) in [5.74, 6) is -0.282. The van der Waals surface area contributed by atoms with Gasteiger partial charge in [0.05, 0.1) is 13.0 Å². The van der Waals surface area contributed by atoms with E-state index >= 15 is 0 Å². The second-order valence-corrected chi connectivity index (χ2v) is 4.37. The van der Waals surface area contributed by atoms with E-state index in [0.29, 0.717) is 5.56 Å². The van der Waals surface area contributed by atoms with Crippen LogP contribution in [-0.2, 0) is 11.3 Å². The molecule has 1 heterocycles. The summed E-state index contributed by atoms with van der Waals surface area (Å²) in [4.78, 5) is 11.9. The third-order valence-electron chi connectivity index (χ3n) is 2.95. The lowest BCUT2D eigenvalue weighted by Crippen LogP contribution is -2.15. The third-order valence-corrected chi connectivity index (χ3v) is 2.95. The highest BCUT2D eigenvalue weighted by Crippen LogP contribution is 2.19. The van der Waals surface area contributed by atoms with Gasteiger partial charge in [0.15, 0.2) is 5.78 Å². The molecule has 19 heavy (non-hydrogen) atoms. The zero-order chi connectivity index (χ0) is 14.6. The van der Waals surface area contributed by atoms with Gasteiger partial charge in [0.2, 0.25) is 0 Å². The minimum absolute atomic E-state index is 0.282. The fourth-order valence-electron chi connectivity index (χ4n) is 2.00. The molecular formula is C13H18F3NO2. The molecule has 3 nitrogen and oxygen atoms in total. The summed E-state index contributed by atoms with van der Waals surface area (Å²) in [6.45, 7) is 5.62. The molecule has 0 fully saturated rings. The number of ketones is 1. The first-order valence-corrected chi connectivity index (χ1v) is 6.10. The molecule has 0 N–H and O–H groups in total. The van der Waals surface area contributed by atoms with Crippen molar-refractivity contribution in [3.8, 4) is 0 Å². The molecule has 0 aliphatic rings. The maximum Gasteiger partial charge on any atom is 0.391 e. The summed E-state index contributed by atoms with van der Waals surface area (Å²) in [7, 11) is 0. The highest BCUT2D eigenvalue weighted by Gasteiger charge is 2.26. The topological polar surface area (TPSA) is 31.2 Å². The molecule has 1 rings (SSSR count). The van der Waals surface area contributed by atoms with Crippen LogP contribution in [0.2, 0.25) is 0 Å². The fourth-order valence-corrected chi connectivity index (χ4v) is 2.00. The minimum atomic E-state index is -4.25. The van der Waals surface area contributed by atoms with Crippen molar-refractivity contribution in [3.05, 3.63) is 23.0 Å². The van der Waals surface area contributed by atoms with Crippen LogP contribution < -0.4 is 0 Å². The van der Waals surface area contributed by atoms with Crippen LogP contribution in [0.25, 0.3) is 0 Å². The number of aryl methyl sites for hydroxylation is 1. The van der Waals surface area contributed by atoms with E-state index in [9.17, 15) is 18.0 Å². The van der Waals surface area contributed by atoms with Crippen molar-refractivity contribution >= 4 is 5.78 Å². The summed E-state index contributed by atoms with van der Waals surface area (Å²) in [5.41, 5.74) is 2.30. The largest absolute Gasteiger partial charge is 0.391 e. The number of carbonyl (C=O) groups excluding carboxylic acids is 1. The molecule has 1 aromatic rings. The Hall–Kier alpha value is -1.30. The Labute approximate surface area is 110 Å². The average molecular weight is 277 g/mol. The Kier molecular flexibility index (Phi) is 5.17. The number of hydrogen-bond donors (Lipinski definition) is 0. The monoisotopic (exact) mass is 277 g/mol. The van der Waals surface area contributed by atoms with Crippen molar-refractivity contribution in [2.75, 3.05) is 13.2 Å². The van der Waals surface area contributed by atoms with Gasteiger partial charge in [0.25, 0.3) is 0 Å². The number of nitrogens with zero attached hydrogens (tertiary/aromatic N) is 1. The van der Waals surface area contributed by atoms with E-state index in [2.05, 4.69) is 0 Å². The number of halogens is 3. The van der Waals surface area contributed by atoms with Crippen LogP contribution in [0.1, 0.15) is 35.1 Å². The molecule has 0 saturated carbocycles. The lowest BCUT2D eigenvalue weighted by molar-refractivity contribution is -0.144. The maximum absolute atomic E-state index is 11.9. The quantitative estimate of drug-likeness (QED) is 0.590. The summed E-state index contributed by atoms with van der Waals surface area (Å²) < 4.78 is 42.5. The Morgan fingerprint density at radius 3 is 2.47 bits per heavy atom. The van der Waals surface area contributed by atoms with Gasteiger partial charge in [-0.25, -0.2) is 0 Å². The van der Waals surface area contributed by atoms with Gasteiger partial charge in [0.1, 0.15) is 6.61 Å². The second-order valence-electron chi connectivity index (χ2n) is 4.37. The first kappa shape index (κ1) is 15.8. The molecule has 0 aromatic carbocycles. The van der Waals surface area contributed by atoms with Crippen LogP contribution in [0.15, 0.2) is 6.07 Å². The standard InChI is InChI=1S/C13H18F3NO2/c1-4-17-9(2)7-11(10(17)3)12(18)8-19-6-5-13(14,15)16/h7H,4-6,8H2,1-3H3. The van der Waals surface area contributed by atoms with Crippen LogP contribution >= 0.6 is 0 Å². The SMILES string of the molecule is CCn1c(C)cc(C(=O)COCCC(F)(F)F)c1C. The molecule has 0 radical (unpaired) electrons. The first-order valence-electron chi connectivity index (χ1n) is 6.10. The summed E-state index contributed by atoms with van der Waals surface area (Å²) in [5, 5.41) is 0. The number of aromatic nitrogens is 1. The number of ether oxygens (including phenoxy) is 1. The average Bonchev–Trinajstić information content (AvgIpc) is 2.58. The van der Waals surface area contributed by atoms with Gasteiger partial charge >= 0.3 is 6.18 Å². The molecule has 0 aliphatic carbocycles. The Morgan fingerprint density at radius 1 is 1.37 bits per heavy atom. The van der Waals surface area contributed by atoms with Crippen LogP contribution in [-0.4, -0.2) is 29.7 Å². The van der Waals surface area contributed by atoms with Gasteiger partial charge in [-0.3, -0.25) is 4.79 Å². The highest BCUT2D eigenvalue weighted by atomic mass is 19.4. The van der Waals surface area contributed by atoms with Crippen molar-refractivity contribution in [1.82, 2.24) is 4.57 Å². The number of hydrogen-bond acceptors (Lipinski definition) is 2. The van der Waals surface area contributed by atoms with E-state index in [1.807, 2.05) is 25.3 Å². The molecular weight excluding hydrogens is 259 g/mol. The number of Topliss-reactive ketones (excluding diaryl/α,β-unsaturated/α-hetero) is 1. The third kappa shape index (κ3) is 4.38. The Bertz CT molecular complexity index is 449. The van der Waals surface area contributed by atoms with Crippen molar-refractivity contribution < 1.29 is 22.7 Å². The Balaban J connectivity index is 2.55. The van der Waals surface area contributed by atoms with E-state index < -0.39 is 19.2 Å². The number of rotatable bonds is 6. The summed E-state index contributed by atoms with van der Waals surface area (Å²) >= 11 is 0. The molecule has 0 bridgehead atoms. The smallest absolute Gasteiger partial charge is 0.373 e. The maximum atomic E-state index is 11.9. The number of carbonyl (C=O) groups is 1. The second kappa shape index (κ2) is 6.23. The summed E-state index contributed by atoms with van der Waals surface area (Å²) in [6, 6.07) is 1.74. The number of alkyl halides is 3. The molecule has 1 aromatic heterocycles. The normalized spacial score (nSPS) is 11.9. The van der Waals surface area contributed by atoms with Crippen molar-refractivity contribution in [2.45, 2.75) is 39.9 Å². The van der Waals surface area contributed by atoms with Gasteiger partial charge in [-0.1, -0.05) is 0 Å². The van der Waals surface area contributed by atoms with Crippen molar-refractivity contribution in [3.63, 3.8) is 0 Å². The molecule has 0 unspecified atom stereocenters. The van der Waals surface area contributed by atoms with Crippen LogP contribution in [0.5, 0.6) is 0 Å². The minimum Gasteiger partial charge on any atom is -0.373 e. The molecule has 0 amide bonds. The van der Waals surface area contributed by atoms with Crippen LogP contribution in [0.3, 0.4) is 0 Å². The summed E-state index contributed by atoms with van der Waals surface area (Å²) in [6.07, 6.45) is -5.28. The molecule has 0 aliphatic heterocycles.